The van der Waals surface area contributed by atoms with E-state index in [0.717, 1.165) is 18.7 Å². The Balaban J connectivity index is 1.89. The summed E-state index contributed by atoms with van der Waals surface area (Å²) in [5.41, 5.74) is 0. The van der Waals surface area contributed by atoms with E-state index in [0.29, 0.717) is 11.2 Å². The molecule has 0 spiro atoms. The highest BCUT2D eigenvalue weighted by Gasteiger charge is 2.32. The monoisotopic (exact) mass is 293 g/mol. The molecule has 2 aromatic heterocycles. The van der Waals surface area contributed by atoms with Crippen LogP contribution in [0, 0.1) is 0 Å². The molecule has 1 unspecified atom stereocenters. The Hall–Kier alpha value is -1.83. The molecule has 20 heavy (non-hydrogen) atoms. The van der Waals surface area contributed by atoms with Crippen molar-refractivity contribution in [1.29, 1.82) is 0 Å². The van der Waals surface area contributed by atoms with Gasteiger partial charge in [-0.05, 0) is 25.8 Å². The summed E-state index contributed by atoms with van der Waals surface area (Å²) in [5.74, 6) is -0.00723. The fourth-order valence-corrected chi connectivity index (χ4v) is 2.83. The Labute approximate surface area is 120 Å². The lowest BCUT2D eigenvalue weighted by molar-refractivity contribution is -0.133. The first-order chi connectivity index (χ1) is 9.66. The predicted octanol–water partition coefficient (Wildman–Crippen LogP) is 1.60. The molecule has 1 aliphatic rings. The quantitative estimate of drug-likeness (QED) is 0.814. The van der Waals surface area contributed by atoms with Crippen LogP contribution in [0.1, 0.15) is 37.7 Å². The molecule has 3 rings (SSSR count). The van der Waals surface area contributed by atoms with Crippen LogP contribution >= 0.6 is 11.8 Å². The van der Waals surface area contributed by atoms with Gasteiger partial charge in [0.1, 0.15) is 6.04 Å². The maximum atomic E-state index is 10.7. The maximum absolute atomic E-state index is 10.7. The van der Waals surface area contributed by atoms with Gasteiger partial charge in [0.15, 0.2) is 11.0 Å². The summed E-state index contributed by atoms with van der Waals surface area (Å²) in [4.78, 5) is 10.7. The van der Waals surface area contributed by atoms with Crippen molar-refractivity contribution in [3.05, 3.63) is 24.3 Å². The Bertz CT molecular complexity index is 605. The highest BCUT2D eigenvalue weighted by Crippen LogP contribution is 2.40. The Kier molecular flexibility index (Phi) is 3.47. The van der Waals surface area contributed by atoms with Crippen molar-refractivity contribution in [1.82, 2.24) is 24.5 Å². The molecule has 106 valence electrons. The summed E-state index contributed by atoms with van der Waals surface area (Å²) in [5, 5.41) is 22.1. The molecule has 1 saturated carbocycles. The first-order valence-electron chi connectivity index (χ1n) is 6.45. The zero-order chi connectivity index (χ0) is 14.1. The molecule has 0 amide bonds. The zero-order valence-electron chi connectivity index (χ0n) is 11.0. The third kappa shape index (κ3) is 2.55. The van der Waals surface area contributed by atoms with Gasteiger partial charge in [-0.1, -0.05) is 11.8 Å². The number of carbonyl (C=O) groups is 1. The van der Waals surface area contributed by atoms with E-state index in [1.807, 2.05) is 23.9 Å². The minimum Gasteiger partial charge on any atom is -0.481 e. The van der Waals surface area contributed by atoms with Crippen molar-refractivity contribution in [3.8, 4) is 0 Å². The lowest BCUT2D eigenvalue weighted by Crippen LogP contribution is -2.14. The van der Waals surface area contributed by atoms with Crippen molar-refractivity contribution in [3.63, 3.8) is 0 Å². The van der Waals surface area contributed by atoms with Crippen LogP contribution in [-0.2, 0) is 4.79 Å². The molecule has 1 atom stereocenters. The molecule has 0 bridgehead atoms. The maximum Gasteiger partial charge on any atom is 0.313 e. The van der Waals surface area contributed by atoms with E-state index in [9.17, 15) is 4.79 Å². The third-order valence-corrected chi connectivity index (χ3v) is 4.15. The lowest BCUT2D eigenvalue weighted by atomic mass is 10.3. The number of carboxylic acid groups (broad SMARTS) is 1. The normalized spacial score (nSPS) is 16.2. The van der Waals surface area contributed by atoms with Crippen LogP contribution in [0.5, 0.6) is 0 Å². The number of hydrogen-bond donors (Lipinski definition) is 1. The molecular weight excluding hydrogens is 278 g/mol. The summed E-state index contributed by atoms with van der Waals surface area (Å²) in [7, 11) is 0. The van der Waals surface area contributed by atoms with Gasteiger partial charge in [0.25, 0.3) is 0 Å². The van der Waals surface area contributed by atoms with Gasteiger partial charge in [0, 0.05) is 18.4 Å². The van der Waals surface area contributed by atoms with Gasteiger partial charge in [0.05, 0.1) is 5.75 Å². The summed E-state index contributed by atoms with van der Waals surface area (Å²) >= 11 is 1.22. The highest BCUT2D eigenvalue weighted by atomic mass is 32.2. The van der Waals surface area contributed by atoms with Crippen molar-refractivity contribution in [2.45, 2.75) is 37.0 Å². The molecule has 8 heteroatoms. The summed E-state index contributed by atoms with van der Waals surface area (Å²) in [6.45, 7) is 2.02. The zero-order valence-corrected chi connectivity index (χ0v) is 11.8. The Morgan fingerprint density at radius 1 is 1.55 bits per heavy atom. The molecule has 0 aromatic carbocycles. The van der Waals surface area contributed by atoms with E-state index in [1.54, 1.807) is 6.20 Å². The van der Waals surface area contributed by atoms with Gasteiger partial charge < -0.3 is 9.67 Å². The van der Waals surface area contributed by atoms with Gasteiger partial charge in [-0.15, -0.1) is 10.2 Å². The predicted molar refractivity (Wildman–Crippen MR) is 72.7 cm³/mol. The minimum atomic E-state index is -0.845. The van der Waals surface area contributed by atoms with Gasteiger partial charge in [-0.2, -0.15) is 5.10 Å². The van der Waals surface area contributed by atoms with Crippen LogP contribution in [0.15, 0.2) is 23.6 Å². The summed E-state index contributed by atoms with van der Waals surface area (Å²) in [6.07, 6.45) is 5.81. The topological polar surface area (TPSA) is 85.8 Å². The van der Waals surface area contributed by atoms with Crippen LogP contribution in [0.2, 0.25) is 0 Å². The average Bonchev–Trinajstić information content (AvgIpc) is 2.96. The Morgan fingerprint density at radius 3 is 2.95 bits per heavy atom. The van der Waals surface area contributed by atoms with Gasteiger partial charge in [0.2, 0.25) is 0 Å². The summed E-state index contributed by atoms with van der Waals surface area (Å²) in [6, 6.07) is 2.25. The second-order valence-electron chi connectivity index (χ2n) is 4.79. The van der Waals surface area contributed by atoms with Crippen molar-refractivity contribution < 1.29 is 9.90 Å². The largest absolute Gasteiger partial charge is 0.481 e. The number of hydrogen-bond acceptors (Lipinski definition) is 5. The molecule has 1 N–H and O–H groups in total. The van der Waals surface area contributed by atoms with E-state index in [1.165, 1.54) is 11.8 Å². The van der Waals surface area contributed by atoms with Crippen LogP contribution < -0.4 is 0 Å². The lowest BCUT2D eigenvalue weighted by Gasteiger charge is -2.14. The molecule has 2 heterocycles. The van der Waals surface area contributed by atoms with Gasteiger partial charge in [-0.25, -0.2) is 0 Å². The number of nitrogens with zero attached hydrogens (tertiary/aromatic N) is 5. The Morgan fingerprint density at radius 2 is 2.35 bits per heavy atom. The van der Waals surface area contributed by atoms with Gasteiger partial charge >= 0.3 is 5.97 Å². The summed E-state index contributed by atoms with van der Waals surface area (Å²) < 4.78 is 3.90. The minimum absolute atomic E-state index is 0.000996. The average molecular weight is 293 g/mol. The van der Waals surface area contributed by atoms with Crippen molar-refractivity contribution in [2.75, 3.05) is 5.75 Å². The smallest absolute Gasteiger partial charge is 0.313 e. The molecule has 2 aromatic rings. The molecule has 0 radical (unpaired) electrons. The molecule has 1 aliphatic carbocycles. The number of carboxylic acids is 1. The fraction of sp³-hybridized carbons (Fsp3) is 0.500. The number of thioether (sulfide) groups is 1. The molecule has 1 fully saturated rings. The van der Waals surface area contributed by atoms with E-state index < -0.39 is 5.97 Å². The van der Waals surface area contributed by atoms with Crippen LogP contribution in [-0.4, -0.2) is 41.4 Å². The fourth-order valence-electron chi connectivity index (χ4n) is 2.10. The SMILES string of the molecule is CC(c1nnc(SCC(=O)O)n1C1CC1)n1cccn1. The molecule has 0 saturated heterocycles. The standard InChI is InChI=1S/C12H15N5O2S/c1-8(16-6-2-5-13-16)11-14-15-12(20-7-10(18)19)17(11)9-3-4-9/h2,5-6,8-9H,3-4,7H2,1H3,(H,18,19). The number of aromatic nitrogens is 5. The van der Waals surface area contributed by atoms with Crippen LogP contribution in [0.25, 0.3) is 0 Å². The van der Waals surface area contributed by atoms with Gasteiger partial charge in [-0.3, -0.25) is 9.48 Å². The highest BCUT2D eigenvalue weighted by molar-refractivity contribution is 7.99. The van der Waals surface area contributed by atoms with Crippen molar-refractivity contribution >= 4 is 17.7 Å². The molecule has 0 aliphatic heterocycles. The van der Waals surface area contributed by atoms with E-state index >= 15 is 0 Å². The van der Waals surface area contributed by atoms with Crippen molar-refractivity contribution in [2.24, 2.45) is 0 Å². The van der Waals surface area contributed by atoms with E-state index in [-0.39, 0.29) is 11.8 Å². The molecule has 7 nitrogen and oxygen atoms in total. The number of aliphatic carboxylic acids is 1. The second kappa shape index (κ2) is 5.28. The van der Waals surface area contributed by atoms with E-state index in [2.05, 4.69) is 19.9 Å². The first-order valence-corrected chi connectivity index (χ1v) is 7.44. The number of rotatable bonds is 6. The van der Waals surface area contributed by atoms with E-state index in [4.69, 9.17) is 5.11 Å². The molecular formula is C12H15N5O2S. The second-order valence-corrected chi connectivity index (χ2v) is 5.73. The van der Waals surface area contributed by atoms with Crippen LogP contribution in [0.3, 0.4) is 0 Å². The third-order valence-electron chi connectivity index (χ3n) is 3.22. The first kappa shape index (κ1) is 13.2. The van der Waals surface area contributed by atoms with Crippen LogP contribution in [0.4, 0.5) is 0 Å².